The largest absolute Gasteiger partial charge is 0.491 e. The number of rotatable bonds is 4. The first-order valence-corrected chi connectivity index (χ1v) is 8.26. The van der Waals surface area contributed by atoms with E-state index in [0.717, 1.165) is 17.7 Å². The van der Waals surface area contributed by atoms with E-state index < -0.39 is 6.10 Å². The second-order valence-corrected chi connectivity index (χ2v) is 6.58. The minimum atomic E-state index is -0.427. The molecule has 1 heterocycles. The van der Waals surface area contributed by atoms with Crippen molar-refractivity contribution in [1.29, 1.82) is 0 Å². The standard InChI is InChI=1S/C18H26O3/c1-14(19)15-5-7-16(8-6-15)20-13-17-9-12-18(21-17)10-3-2-4-11-18/h5-8,14,17,19H,2-4,9-13H2,1H3. The molecule has 116 valence electrons. The van der Waals surface area contributed by atoms with Crippen molar-refractivity contribution < 1.29 is 14.6 Å². The average Bonchev–Trinajstić information content (AvgIpc) is 2.89. The van der Waals surface area contributed by atoms with Gasteiger partial charge in [0.05, 0.1) is 17.8 Å². The van der Waals surface area contributed by atoms with Gasteiger partial charge in [-0.3, -0.25) is 0 Å². The zero-order valence-electron chi connectivity index (χ0n) is 12.9. The summed E-state index contributed by atoms with van der Waals surface area (Å²) in [4.78, 5) is 0. The molecule has 2 atom stereocenters. The Hall–Kier alpha value is -1.06. The minimum absolute atomic E-state index is 0.169. The molecule has 1 spiro atoms. The smallest absolute Gasteiger partial charge is 0.119 e. The average molecular weight is 290 g/mol. The summed E-state index contributed by atoms with van der Waals surface area (Å²) in [5.41, 5.74) is 1.09. The maximum atomic E-state index is 9.50. The van der Waals surface area contributed by atoms with Gasteiger partial charge in [-0.1, -0.05) is 31.4 Å². The second-order valence-electron chi connectivity index (χ2n) is 6.58. The fraction of sp³-hybridized carbons (Fsp3) is 0.667. The van der Waals surface area contributed by atoms with E-state index in [0.29, 0.717) is 6.61 Å². The van der Waals surface area contributed by atoms with Crippen LogP contribution in [0.3, 0.4) is 0 Å². The van der Waals surface area contributed by atoms with Crippen LogP contribution in [-0.4, -0.2) is 23.4 Å². The normalized spacial score (nSPS) is 25.9. The van der Waals surface area contributed by atoms with E-state index in [-0.39, 0.29) is 11.7 Å². The Morgan fingerprint density at radius 3 is 2.57 bits per heavy atom. The molecule has 2 unspecified atom stereocenters. The van der Waals surface area contributed by atoms with Crippen molar-refractivity contribution in [3.05, 3.63) is 29.8 Å². The molecule has 1 N–H and O–H groups in total. The Kier molecular flexibility index (Phi) is 4.51. The van der Waals surface area contributed by atoms with Crippen LogP contribution in [0.1, 0.15) is 63.5 Å². The molecule has 3 heteroatoms. The van der Waals surface area contributed by atoms with E-state index in [1.54, 1.807) is 6.92 Å². The van der Waals surface area contributed by atoms with Crippen LogP contribution in [0.2, 0.25) is 0 Å². The van der Waals surface area contributed by atoms with E-state index in [9.17, 15) is 5.11 Å². The van der Waals surface area contributed by atoms with Gasteiger partial charge in [0.1, 0.15) is 12.4 Å². The fourth-order valence-electron chi connectivity index (χ4n) is 3.61. The number of aliphatic hydroxyl groups is 1. The van der Waals surface area contributed by atoms with Crippen molar-refractivity contribution in [1.82, 2.24) is 0 Å². The van der Waals surface area contributed by atoms with Crippen LogP contribution in [0.15, 0.2) is 24.3 Å². The molecule has 2 fully saturated rings. The lowest BCUT2D eigenvalue weighted by Crippen LogP contribution is -2.32. The second kappa shape index (κ2) is 6.37. The van der Waals surface area contributed by atoms with E-state index in [1.807, 2.05) is 24.3 Å². The summed E-state index contributed by atoms with van der Waals surface area (Å²) in [7, 11) is 0. The predicted molar refractivity (Wildman–Crippen MR) is 82.5 cm³/mol. The summed E-state index contributed by atoms with van der Waals surface area (Å²) in [6.45, 7) is 2.40. The Labute approximate surface area is 127 Å². The SMILES string of the molecule is CC(O)c1ccc(OCC2CCC3(CCCCC3)O2)cc1. The van der Waals surface area contributed by atoms with Crippen LogP contribution < -0.4 is 4.74 Å². The molecule has 3 nitrogen and oxygen atoms in total. The molecule has 1 saturated heterocycles. The molecular formula is C18H26O3. The molecule has 1 aliphatic heterocycles. The number of hydrogen-bond acceptors (Lipinski definition) is 3. The molecule has 1 saturated carbocycles. The molecule has 0 amide bonds. The third-order valence-electron chi connectivity index (χ3n) is 4.90. The first kappa shape index (κ1) is 14.9. The van der Waals surface area contributed by atoms with Gasteiger partial charge >= 0.3 is 0 Å². The van der Waals surface area contributed by atoms with Gasteiger partial charge in [0.15, 0.2) is 0 Å². The van der Waals surface area contributed by atoms with Gasteiger partial charge in [-0.05, 0) is 50.3 Å². The lowest BCUT2D eigenvalue weighted by atomic mass is 9.83. The topological polar surface area (TPSA) is 38.7 Å². The number of aliphatic hydroxyl groups excluding tert-OH is 1. The van der Waals surface area contributed by atoms with E-state index in [2.05, 4.69) is 0 Å². The summed E-state index contributed by atoms with van der Waals surface area (Å²) in [5, 5.41) is 9.50. The van der Waals surface area contributed by atoms with Gasteiger partial charge in [0.25, 0.3) is 0 Å². The van der Waals surface area contributed by atoms with Crippen LogP contribution in [0.5, 0.6) is 5.75 Å². The number of hydrogen-bond donors (Lipinski definition) is 1. The van der Waals surface area contributed by atoms with E-state index in [4.69, 9.17) is 9.47 Å². The van der Waals surface area contributed by atoms with Crippen LogP contribution in [0.25, 0.3) is 0 Å². The van der Waals surface area contributed by atoms with Crippen molar-refractivity contribution in [3.8, 4) is 5.75 Å². The monoisotopic (exact) mass is 290 g/mol. The fourth-order valence-corrected chi connectivity index (χ4v) is 3.61. The summed E-state index contributed by atoms with van der Waals surface area (Å²) < 4.78 is 12.2. The van der Waals surface area contributed by atoms with Gasteiger partial charge in [-0.2, -0.15) is 0 Å². The van der Waals surface area contributed by atoms with Crippen LogP contribution in [0, 0.1) is 0 Å². The molecule has 1 aliphatic carbocycles. The highest BCUT2D eigenvalue weighted by Gasteiger charge is 2.40. The molecule has 1 aromatic rings. The molecule has 0 radical (unpaired) electrons. The van der Waals surface area contributed by atoms with Crippen LogP contribution >= 0.6 is 0 Å². The van der Waals surface area contributed by atoms with Gasteiger partial charge in [0.2, 0.25) is 0 Å². The summed E-state index contributed by atoms with van der Waals surface area (Å²) in [6.07, 6.45) is 8.57. The Morgan fingerprint density at radius 1 is 1.19 bits per heavy atom. The maximum Gasteiger partial charge on any atom is 0.119 e. The first-order valence-electron chi connectivity index (χ1n) is 8.26. The summed E-state index contributed by atoms with van der Waals surface area (Å²) >= 11 is 0. The van der Waals surface area contributed by atoms with E-state index >= 15 is 0 Å². The van der Waals surface area contributed by atoms with Crippen molar-refractivity contribution in [3.63, 3.8) is 0 Å². The highest BCUT2D eigenvalue weighted by molar-refractivity contribution is 5.28. The molecule has 3 rings (SSSR count). The third-order valence-corrected chi connectivity index (χ3v) is 4.90. The Morgan fingerprint density at radius 2 is 1.90 bits per heavy atom. The van der Waals surface area contributed by atoms with Gasteiger partial charge in [-0.15, -0.1) is 0 Å². The summed E-state index contributed by atoms with van der Waals surface area (Å²) in [5.74, 6) is 0.854. The van der Waals surface area contributed by atoms with Crippen molar-refractivity contribution >= 4 is 0 Å². The lowest BCUT2D eigenvalue weighted by molar-refractivity contribution is -0.0748. The van der Waals surface area contributed by atoms with E-state index in [1.165, 1.54) is 38.5 Å². The van der Waals surface area contributed by atoms with Crippen LogP contribution in [-0.2, 0) is 4.74 Å². The number of benzene rings is 1. The highest BCUT2D eigenvalue weighted by atomic mass is 16.6. The quantitative estimate of drug-likeness (QED) is 0.911. The molecule has 0 aromatic heterocycles. The Balaban J connectivity index is 1.49. The van der Waals surface area contributed by atoms with Crippen molar-refractivity contribution in [2.24, 2.45) is 0 Å². The minimum Gasteiger partial charge on any atom is -0.491 e. The van der Waals surface area contributed by atoms with Gasteiger partial charge in [0, 0.05) is 0 Å². The number of ether oxygens (including phenoxy) is 2. The zero-order chi connectivity index (χ0) is 14.7. The molecule has 21 heavy (non-hydrogen) atoms. The molecular weight excluding hydrogens is 264 g/mol. The van der Waals surface area contributed by atoms with Gasteiger partial charge in [-0.25, -0.2) is 0 Å². The zero-order valence-corrected chi connectivity index (χ0v) is 12.9. The molecule has 1 aromatic carbocycles. The van der Waals surface area contributed by atoms with Crippen LogP contribution in [0.4, 0.5) is 0 Å². The summed E-state index contributed by atoms with van der Waals surface area (Å²) in [6, 6.07) is 7.68. The first-order chi connectivity index (χ1) is 10.2. The molecule has 2 aliphatic rings. The maximum absolute atomic E-state index is 9.50. The van der Waals surface area contributed by atoms with Gasteiger partial charge < -0.3 is 14.6 Å². The predicted octanol–water partition coefficient (Wildman–Crippen LogP) is 4.00. The van der Waals surface area contributed by atoms with Crippen molar-refractivity contribution in [2.45, 2.75) is 69.7 Å². The highest BCUT2D eigenvalue weighted by Crippen LogP contribution is 2.41. The van der Waals surface area contributed by atoms with Crippen molar-refractivity contribution in [2.75, 3.05) is 6.61 Å². The Bertz CT molecular complexity index is 446. The molecule has 0 bridgehead atoms. The third kappa shape index (κ3) is 3.58. The lowest BCUT2D eigenvalue weighted by Gasteiger charge is -2.33.